The van der Waals surface area contributed by atoms with Crippen molar-refractivity contribution < 1.29 is 0 Å². The number of hydrogen-bond acceptors (Lipinski definition) is 3. The van der Waals surface area contributed by atoms with Crippen LogP contribution in [-0.4, -0.2) is 34.9 Å². The summed E-state index contributed by atoms with van der Waals surface area (Å²) in [6.07, 6.45) is 12.1. The van der Waals surface area contributed by atoms with Crippen LogP contribution < -0.4 is 5.32 Å². The smallest absolute Gasteiger partial charge is 0.0640 e. The highest BCUT2D eigenvalue weighted by atomic mass is 32.2. The van der Waals surface area contributed by atoms with Gasteiger partial charge in [-0.1, -0.05) is 19.3 Å². The molecule has 0 aliphatic heterocycles. The molecule has 0 bridgehead atoms. The van der Waals surface area contributed by atoms with Gasteiger partial charge in [-0.25, -0.2) is 0 Å². The molecule has 1 atom stereocenters. The highest BCUT2D eigenvalue weighted by Gasteiger charge is 2.16. The van der Waals surface area contributed by atoms with Gasteiger partial charge < -0.3 is 5.32 Å². The molecule has 0 amide bonds. The van der Waals surface area contributed by atoms with E-state index in [1.165, 1.54) is 37.8 Å². The van der Waals surface area contributed by atoms with Crippen LogP contribution >= 0.6 is 11.8 Å². The van der Waals surface area contributed by atoms with E-state index in [0.717, 1.165) is 12.2 Å². The number of nitrogens with zero attached hydrogens (tertiary/aromatic N) is 2. The average Bonchev–Trinajstić information content (AvgIpc) is 2.88. The molecule has 1 aliphatic rings. The number of rotatable bonds is 6. The van der Waals surface area contributed by atoms with Crippen LogP contribution in [0.4, 0.5) is 0 Å². The number of likely N-dealkylation sites (N-methyl/N-ethyl adjacent to an activating group) is 1. The van der Waals surface area contributed by atoms with Crippen molar-refractivity contribution in [2.45, 2.75) is 50.6 Å². The summed E-state index contributed by atoms with van der Waals surface area (Å²) in [5, 5.41) is 8.14. The molecule has 1 fully saturated rings. The summed E-state index contributed by atoms with van der Waals surface area (Å²) in [5.74, 6) is 1.15. The van der Waals surface area contributed by atoms with E-state index in [2.05, 4.69) is 28.5 Å². The second kappa shape index (κ2) is 7.19. The third-order valence-electron chi connectivity index (χ3n) is 3.84. The van der Waals surface area contributed by atoms with Gasteiger partial charge in [0.1, 0.15) is 0 Å². The first-order valence-electron chi connectivity index (χ1n) is 7.03. The predicted octanol–water partition coefficient (Wildman–Crippen LogP) is 2.88. The van der Waals surface area contributed by atoms with Crippen molar-refractivity contribution in [2.75, 3.05) is 19.1 Å². The van der Waals surface area contributed by atoms with E-state index in [1.807, 2.05) is 18.8 Å². The van der Waals surface area contributed by atoms with Crippen LogP contribution in [0, 0.1) is 0 Å². The standard InChI is InChI=1S/C14H25N3S/c1-15-13(11-18-2)10-12-8-9-17(16-12)14-6-4-3-5-7-14/h8-9,13-15H,3-7,10-11H2,1-2H3. The van der Waals surface area contributed by atoms with Gasteiger partial charge in [-0.3, -0.25) is 4.68 Å². The Labute approximate surface area is 115 Å². The van der Waals surface area contributed by atoms with Crippen molar-refractivity contribution >= 4 is 11.8 Å². The van der Waals surface area contributed by atoms with E-state index in [1.54, 1.807) is 0 Å². The zero-order chi connectivity index (χ0) is 12.8. The largest absolute Gasteiger partial charge is 0.316 e. The average molecular weight is 267 g/mol. The van der Waals surface area contributed by atoms with Crippen LogP contribution in [0.15, 0.2) is 12.3 Å². The maximum atomic E-state index is 4.77. The number of thioether (sulfide) groups is 1. The van der Waals surface area contributed by atoms with Gasteiger partial charge in [0.05, 0.1) is 11.7 Å². The number of hydrogen-bond donors (Lipinski definition) is 1. The van der Waals surface area contributed by atoms with Crippen molar-refractivity contribution in [3.8, 4) is 0 Å². The lowest BCUT2D eigenvalue weighted by Gasteiger charge is -2.22. The van der Waals surface area contributed by atoms with Gasteiger partial charge in [0.15, 0.2) is 0 Å². The third-order valence-corrected chi connectivity index (χ3v) is 4.58. The first-order valence-corrected chi connectivity index (χ1v) is 8.43. The molecular formula is C14H25N3S. The Bertz CT molecular complexity index is 345. The maximum absolute atomic E-state index is 4.77. The van der Waals surface area contributed by atoms with Crippen molar-refractivity contribution in [1.82, 2.24) is 15.1 Å². The minimum Gasteiger partial charge on any atom is -0.316 e. The monoisotopic (exact) mass is 267 g/mol. The van der Waals surface area contributed by atoms with E-state index in [9.17, 15) is 0 Å². The fraction of sp³-hybridized carbons (Fsp3) is 0.786. The first-order chi connectivity index (χ1) is 8.83. The molecule has 1 N–H and O–H groups in total. The summed E-state index contributed by atoms with van der Waals surface area (Å²) in [6.45, 7) is 0. The summed E-state index contributed by atoms with van der Waals surface area (Å²) in [5.41, 5.74) is 1.23. The summed E-state index contributed by atoms with van der Waals surface area (Å²) in [4.78, 5) is 0. The van der Waals surface area contributed by atoms with Crippen molar-refractivity contribution in [3.05, 3.63) is 18.0 Å². The van der Waals surface area contributed by atoms with Gasteiger partial charge in [0.2, 0.25) is 0 Å². The van der Waals surface area contributed by atoms with Crippen LogP contribution in [0.1, 0.15) is 43.8 Å². The van der Waals surface area contributed by atoms with E-state index >= 15 is 0 Å². The van der Waals surface area contributed by atoms with E-state index < -0.39 is 0 Å². The molecule has 1 aromatic heterocycles. The van der Waals surface area contributed by atoms with E-state index in [4.69, 9.17) is 5.10 Å². The minimum atomic E-state index is 0.537. The molecular weight excluding hydrogens is 242 g/mol. The Morgan fingerprint density at radius 2 is 2.22 bits per heavy atom. The maximum Gasteiger partial charge on any atom is 0.0640 e. The second-order valence-corrected chi connectivity index (χ2v) is 6.13. The predicted molar refractivity (Wildman–Crippen MR) is 79.3 cm³/mol. The van der Waals surface area contributed by atoms with Gasteiger partial charge in [0, 0.05) is 24.4 Å². The molecule has 1 aliphatic carbocycles. The molecule has 0 saturated heterocycles. The lowest BCUT2D eigenvalue weighted by Crippen LogP contribution is -2.30. The van der Waals surface area contributed by atoms with Gasteiger partial charge in [0.25, 0.3) is 0 Å². The summed E-state index contributed by atoms with van der Waals surface area (Å²) < 4.78 is 2.21. The van der Waals surface area contributed by atoms with Crippen LogP contribution in [0.5, 0.6) is 0 Å². The normalized spacial score (nSPS) is 19.0. The topological polar surface area (TPSA) is 29.9 Å². The highest BCUT2D eigenvalue weighted by molar-refractivity contribution is 7.98. The summed E-state index contributed by atoms with van der Waals surface area (Å²) >= 11 is 1.89. The van der Waals surface area contributed by atoms with Gasteiger partial charge in [-0.2, -0.15) is 16.9 Å². The van der Waals surface area contributed by atoms with Crippen LogP contribution in [0.25, 0.3) is 0 Å². The molecule has 0 aromatic carbocycles. The van der Waals surface area contributed by atoms with Crippen LogP contribution in [0.3, 0.4) is 0 Å². The Morgan fingerprint density at radius 1 is 1.44 bits per heavy atom. The molecule has 2 rings (SSSR count). The molecule has 1 unspecified atom stereocenters. The van der Waals surface area contributed by atoms with Gasteiger partial charge >= 0.3 is 0 Å². The Kier molecular flexibility index (Phi) is 5.57. The minimum absolute atomic E-state index is 0.537. The van der Waals surface area contributed by atoms with E-state index in [-0.39, 0.29) is 0 Å². The summed E-state index contributed by atoms with van der Waals surface area (Å²) in [7, 11) is 2.04. The van der Waals surface area contributed by atoms with Crippen molar-refractivity contribution in [1.29, 1.82) is 0 Å². The molecule has 18 heavy (non-hydrogen) atoms. The van der Waals surface area contributed by atoms with E-state index in [0.29, 0.717) is 12.1 Å². The molecule has 1 aromatic rings. The molecule has 0 radical (unpaired) electrons. The number of aromatic nitrogens is 2. The third kappa shape index (κ3) is 3.75. The zero-order valence-electron chi connectivity index (χ0n) is 11.6. The fourth-order valence-corrected chi connectivity index (χ4v) is 3.42. The Morgan fingerprint density at radius 3 is 2.89 bits per heavy atom. The lowest BCUT2D eigenvalue weighted by molar-refractivity contribution is 0.327. The summed E-state index contributed by atoms with van der Waals surface area (Å²) in [6, 6.07) is 3.38. The number of nitrogens with one attached hydrogen (secondary N) is 1. The van der Waals surface area contributed by atoms with Gasteiger partial charge in [-0.05, 0) is 32.2 Å². The van der Waals surface area contributed by atoms with Crippen molar-refractivity contribution in [3.63, 3.8) is 0 Å². The molecule has 3 nitrogen and oxygen atoms in total. The zero-order valence-corrected chi connectivity index (χ0v) is 12.4. The van der Waals surface area contributed by atoms with Crippen molar-refractivity contribution in [2.24, 2.45) is 0 Å². The molecule has 102 valence electrons. The lowest BCUT2D eigenvalue weighted by atomic mass is 9.96. The second-order valence-electron chi connectivity index (χ2n) is 5.22. The first kappa shape index (κ1) is 13.9. The molecule has 1 heterocycles. The quantitative estimate of drug-likeness (QED) is 0.859. The van der Waals surface area contributed by atoms with Crippen LogP contribution in [-0.2, 0) is 6.42 Å². The van der Waals surface area contributed by atoms with Crippen LogP contribution in [0.2, 0.25) is 0 Å². The SMILES string of the molecule is CNC(CSC)Cc1ccn(C2CCCCC2)n1. The molecule has 4 heteroatoms. The fourth-order valence-electron chi connectivity index (χ4n) is 2.73. The Hall–Kier alpha value is -0.480. The molecule has 1 saturated carbocycles. The highest BCUT2D eigenvalue weighted by Crippen LogP contribution is 2.27. The van der Waals surface area contributed by atoms with Gasteiger partial charge in [-0.15, -0.1) is 0 Å². The molecule has 0 spiro atoms. The Balaban J connectivity index is 1.92.